The lowest BCUT2D eigenvalue weighted by Gasteiger charge is -2.32. The van der Waals surface area contributed by atoms with Crippen LogP contribution in [0.4, 0.5) is 4.79 Å². The number of nitrogens with zero attached hydrogens (tertiary/aromatic N) is 3. The molecule has 0 spiro atoms. The van der Waals surface area contributed by atoms with E-state index in [0.717, 1.165) is 10.8 Å². The molecule has 1 aliphatic heterocycles. The third kappa shape index (κ3) is 4.88. The van der Waals surface area contributed by atoms with Crippen LogP contribution < -0.4 is 5.32 Å². The Kier molecular flexibility index (Phi) is 5.55. The first kappa shape index (κ1) is 19.4. The first-order chi connectivity index (χ1) is 12.7. The van der Waals surface area contributed by atoms with Crippen LogP contribution in [0.1, 0.15) is 49.0 Å². The molecule has 2 aromatic rings. The van der Waals surface area contributed by atoms with Crippen LogP contribution in [0.5, 0.6) is 0 Å². The number of hydrogen-bond donors (Lipinski definition) is 1. The number of alkyl carbamates (subject to hydrolysis) is 1. The molecule has 0 saturated carbocycles. The van der Waals surface area contributed by atoms with Gasteiger partial charge in [0.15, 0.2) is 5.13 Å². The van der Waals surface area contributed by atoms with Crippen molar-refractivity contribution >= 4 is 23.3 Å². The van der Waals surface area contributed by atoms with Crippen LogP contribution in [0, 0.1) is 6.92 Å². The van der Waals surface area contributed by atoms with Gasteiger partial charge in [-0.15, -0.1) is 0 Å². The molecule has 27 heavy (non-hydrogen) atoms. The molecule has 1 saturated heterocycles. The minimum atomic E-state index is -0.512. The molecule has 3 rings (SSSR count). The first-order valence-electron chi connectivity index (χ1n) is 9.12. The van der Waals surface area contributed by atoms with Crippen LogP contribution in [0.3, 0.4) is 0 Å². The Hall–Kier alpha value is -2.35. The second-order valence-corrected chi connectivity index (χ2v) is 8.69. The van der Waals surface area contributed by atoms with Gasteiger partial charge in [0.05, 0.1) is 5.69 Å². The van der Waals surface area contributed by atoms with Gasteiger partial charge >= 0.3 is 6.09 Å². The lowest BCUT2D eigenvalue weighted by Crippen LogP contribution is -2.47. The molecule has 1 fully saturated rings. The number of hydrogen-bond acceptors (Lipinski definition) is 5. The summed E-state index contributed by atoms with van der Waals surface area (Å²) in [6, 6.07) is 3.89. The summed E-state index contributed by atoms with van der Waals surface area (Å²) >= 11 is 1.41. The molecule has 8 heteroatoms. The second kappa shape index (κ2) is 7.72. The number of thiazole rings is 1. The topological polar surface area (TPSA) is 76.5 Å². The van der Waals surface area contributed by atoms with Gasteiger partial charge in [-0.3, -0.25) is 4.79 Å². The van der Waals surface area contributed by atoms with Gasteiger partial charge in [-0.05, 0) is 52.7 Å². The van der Waals surface area contributed by atoms with E-state index in [-0.39, 0.29) is 11.9 Å². The molecule has 2 amide bonds. The average molecular weight is 391 g/mol. The number of aryl methyl sites for hydroxylation is 1. The zero-order valence-electron chi connectivity index (χ0n) is 16.2. The monoisotopic (exact) mass is 390 g/mol. The van der Waals surface area contributed by atoms with E-state index in [2.05, 4.69) is 10.3 Å². The normalized spacial score (nSPS) is 15.6. The fourth-order valence-corrected chi connectivity index (χ4v) is 4.00. The first-order valence-corrected chi connectivity index (χ1v) is 9.94. The fourth-order valence-electron chi connectivity index (χ4n) is 3.00. The van der Waals surface area contributed by atoms with Crippen LogP contribution in [-0.4, -0.2) is 51.2 Å². The van der Waals surface area contributed by atoms with Crippen LogP contribution in [-0.2, 0) is 4.74 Å². The maximum atomic E-state index is 12.9. The minimum absolute atomic E-state index is 0.0131. The number of likely N-dealkylation sites (tertiary alicyclic amines) is 1. The van der Waals surface area contributed by atoms with E-state index < -0.39 is 11.7 Å². The molecule has 3 heterocycles. The third-order valence-electron chi connectivity index (χ3n) is 4.31. The zero-order valence-corrected chi connectivity index (χ0v) is 17.0. The maximum absolute atomic E-state index is 12.9. The molecule has 7 nitrogen and oxygen atoms in total. The number of nitrogens with one attached hydrogen (secondary N) is 1. The average Bonchev–Trinajstić information content (AvgIpc) is 3.22. The highest BCUT2D eigenvalue weighted by molar-refractivity contribution is 7.16. The highest BCUT2D eigenvalue weighted by atomic mass is 32.1. The quantitative estimate of drug-likeness (QED) is 0.872. The predicted molar refractivity (Wildman–Crippen MR) is 104 cm³/mol. The van der Waals surface area contributed by atoms with Crippen LogP contribution in [0.2, 0.25) is 0 Å². The Morgan fingerprint density at radius 3 is 2.44 bits per heavy atom. The number of carbonyl (C=O) groups excluding carboxylic acids is 2. The Balaban J connectivity index is 1.57. The number of rotatable bonds is 3. The van der Waals surface area contributed by atoms with Crippen molar-refractivity contribution in [1.82, 2.24) is 19.8 Å². The van der Waals surface area contributed by atoms with Crippen molar-refractivity contribution in [2.75, 3.05) is 13.1 Å². The molecular formula is C19H26N4O3S. The van der Waals surface area contributed by atoms with Gasteiger partial charge < -0.3 is 19.5 Å². The van der Waals surface area contributed by atoms with E-state index in [4.69, 9.17) is 4.74 Å². The minimum Gasteiger partial charge on any atom is -0.444 e. The summed E-state index contributed by atoms with van der Waals surface area (Å²) in [5.41, 5.74) is 0.240. The molecule has 0 aromatic carbocycles. The SMILES string of the molecule is Cc1nc(-n2cccc2)sc1C(=O)N1CCC(NC(=O)OC(C)(C)C)CC1. The summed E-state index contributed by atoms with van der Waals surface area (Å²) in [6.07, 6.45) is 4.86. The number of aromatic nitrogens is 2. The standard InChI is InChI=1S/C19H26N4O3S/c1-13-15(27-17(20-13)23-9-5-6-10-23)16(24)22-11-7-14(8-12-22)21-18(25)26-19(2,3)4/h5-6,9-10,14H,7-8,11-12H2,1-4H3,(H,21,25). The van der Waals surface area contributed by atoms with Crippen molar-refractivity contribution in [3.63, 3.8) is 0 Å². The lowest BCUT2D eigenvalue weighted by molar-refractivity contribution is 0.0474. The summed E-state index contributed by atoms with van der Waals surface area (Å²) in [4.78, 5) is 31.8. The van der Waals surface area contributed by atoms with Crippen molar-refractivity contribution in [2.24, 2.45) is 0 Å². The summed E-state index contributed by atoms with van der Waals surface area (Å²) < 4.78 is 7.21. The van der Waals surface area contributed by atoms with Crippen LogP contribution >= 0.6 is 11.3 Å². The van der Waals surface area contributed by atoms with E-state index in [1.165, 1.54) is 11.3 Å². The van der Waals surface area contributed by atoms with Gasteiger partial charge in [-0.2, -0.15) is 0 Å². The number of amides is 2. The van der Waals surface area contributed by atoms with Crippen LogP contribution in [0.25, 0.3) is 5.13 Å². The van der Waals surface area contributed by atoms with E-state index >= 15 is 0 Å². The van der Waals surface area contributed by atoms with Gasteiger partial charge in [0, 0.05) is 31.5 Å². The Labute approximate surface area is 163 Å². The third-order valence-corrected chi connectivity index (χ3v) is 5.47. The van der Waals surface area contributed by atoms with Crippen molar-refractivity contribution in [1.29, 1.82) is 0 Å². The smallest absolute Gasteiger partial charge is 0.407 e. The van der Waals surface area contributed by atoms with E-state index in [1.54, 1.807) is 0 Å². The molecule has 1 N–H and O–H groups in total. The Bertz CT molecular complexity index is 800. The Morgan fingerprint density at radius 1 is 1.22 bits per heavy atom. The van der Waals surface area contributed by atoms with Gasteiger partial charge in [-0.25, -0.2) is 9.78 Å². The predicted octanol–water partition coefficient (Wildman–Crippen LogP) is 3.37. The molecule has 0 bridgehead atoms. The number of carbonyl (C=O) groups is 2. The molecule has 2 aromatic heterocycles. The van der Waals surface area contributed by atoms with E-state index in [1.807, 2.05) is 61.7 Å². The van der Waals surface area contributed by atoms with Gasteiger partial charge in [0.25, 0.3) is 5.91 Å². The van der Waals surface area contributed by atoms with E-state index in [9.17, 15) is 9.59 Å². The van der Waals surface area contributed by atoms with Crippen molar-refractivity contribution in [3.8, 4) is 5.13 Å². The lowest BCUT2D eigenvalue weighted by atomic mass is 10.0. The summed E-state index contributed by atoms with van der Waals surface area (Å²) in [6.45, 7) is 8.60. The molecule has 1 aliphatic rings. The largest absolute Gasteiger partial charge is 0.444 e. The van der Waals surface area contributed by atoms with Gasteiger partial charge in [0.1, 0.15) is 10.5 Å². The van der Waals surface area contributed by atoms with Crippen molar-refractivity contribution < 1.29 is 14.3 Å². The summed E-state index contributed by atoms with van der Waals surface area (Å²) in [5.74, 6) is 0.0131. The highest BCUT2D eigenvalue weighted by Crippen LogP contribution is 2.24. The number of piperidine rings is 1. The summed E-state index contributed by atoms with van der Waals surface area (Å²) in [5, 5.41) is 3.69. The molecular weight excluding hydrogens is 364 g/mol. The molecule has 0 aliphatic carbocycles. The molecule has 0 unspecified atom stereocenters. The van der Waals surface area contributed by atoms with Crippen molar-refractivity contribution in [3.05, 3.63) is 35.1 Å². The second-order valence-electron chi connectivity index (χ2n) is 7.71. The molecule has 146 valence electrons. The zero-order chi connectivity index (χ0) is 19.6. The number of ether oxygens (including phenoxy) is 1. The fraction of sp³-hybridized carbons (Fsp3) is 0.526. The van der Waals surface area contributed by atoms with Gasteiger partial charge in [-0.1, -0.05) is 11.3 Å². The van der Waals surface area contributed by atoms with Crippen LogP contribution in [0.15, 0.2) is 24.5 Å². The maximum Gasteiger partial charge on any atom is 0.407 e. The van der Waals surface area contributed by atoms with Gasteiger partial charge in [0.2, 0.25) is 0 Å². The highest BCUT2D eigenvalue weighted by Gasteiger charge is 2.28. The van der Waals surface area contributed by atoms with Crippen molar-refractivity contribution in [2.45, 2.75) is 52.2 Å². The van der Waals surface area contributed by atoms with E-state index in [0.29, 0.717) is 30.8 Å². The molecule has 0 radical (unpaired) electrons. The summed E-state index contributed by atoms with van der Waals surface area (Å²) in [7, 11) is 0. The Morgan fingerprint density at radius 2 is 1.85 bits per heavy atom. The molecule has 0 atom stereocenters.